The molecular weight excluding hydrogens is 283 g/mol. The van der Waals surface area contributed by atoms with Crippen LogP contribution in [0.25, 0.3) is 0 Å². The molecule has 0 radical (unpaired) electrons. The highest BCUT2D eigenvalue weighted by atomic mass is 19.1. The van der Waals surface area contributed by atoms with Crippen LogP contribution in [0, 0.1) is 11.7 Å². The van der Waals surface area contributed by atoms with Crippen molar-refractivity contribution < 1.29 is 9.18 Å². The molecule has 2 rings (SSSR count). The van der Waals surface area contributed by atoms with E-state index >= 15 is 0 Å². The third kappa shape index (κ3) is 5.71. The van der Waals surface area contributed by atoms with E-state index in [0.29, 0.717) is 25.6 Å². The van der Waals surface area contributed by atoms with Crippen molar-refractivity contribution in [3.63, 3.8) is 0 Å². The predicted octanol–water partition coefficient (Wildman–Crippen LogP) is 1.06. The number of carbonyl (C=O) groups is 1. The van der Waals surface area contributed by atoms with E-state index in [1.54, 1.807) is 13.1 Å². The van der Waals surface area contributed by atoms with Gasteiger partial charge in [0.25, 0.3) is 0 Å². The molecule has 1 amide bonds. The van der Waals surface area contributed by atoms with Crippen molar-refractivity contribution in [3.05, 3.63) is 35.6 Å². The molecule has 0 heterocycles. The molecule has 1 aromatic carbocycles. The number of nitrogens with zero attached hydrogens (tertiary/aromatic N) is 1. The highest BCUT2D eigenvalue weighted by molar-refractivity contribution is 5.81. The van der Waals surface area contributed by atoms with Gasteiger partial charge in [0, 0.05) is 32.6 Å². The van der Waals surface area contributed by atoms with Crippen LogP contribution >= 0.6 is 0 Å². The highest BCUT2D eigenvalue weighted by Crippen LogP contribution is 2.28. The number of carbonyl (C=O) groups excluding carboxylic acids is 1. The molecule has 6 heteroatoms. The summed E-state index contributed by atoms with van der Waals surface area (Å²) in [7, 11) is 1.69. The van der Waals surface area contributed by atoms with Gasteiger partial charge in [0.1, 0.15) is 5.82 Å². The summed E-state index contributed by atoms with van der Waals surface area (Å²) in [6.45, 7) is 1.87. The van der Waals surface area contributed by atoms with E-state index in [1.807, 2.05) is 6.07 Å². The van der Waals surface area contributed by atoms with Crippen LogP contribution in [-0.2, 0) is 11.2 Å². The van der Waals surface area contributed by atoms with Gasteiger partial charge in [-0.1, -0.05) is 12.1 Å². The number of amides is 1. The first kappa shape index (κ1) is 16.3. The molecule has 1 aromatic rings. The molecule has 3 N–H and O–H groups in total. The lowest BCUT2D eigenvalue weighted by Gasteiger charge is -2.12. The zero-order valence-electron chi connectivity index (χ0n) is 12.9. The van der Waals surface area contributed by atoms with Crippen LogP contribution < -0.4 is 16.0 Å². The van der Waals surface area contributed by atoms with Crippen LogP contribution in [0.15, 0.2) is 29.3 Å². The van der Waals surface area contributed by atoms with E-state index in [4.69, 9.17) is 0 Å². The van der Waals surface area contributed by atoms with Crippen LogP contribution in [0.5, 0.6) is 0 Å². The smallest absolute Gasteiger partial charge is 0.223 e. The maximum Gasteiger partial charge on any atom is 0.223 e. The fraction of sp³-hybridized carbons (Fsp3) is 0.500. The summed E-state index contributed by atoms with van der Waals surface area (Å²) in [5.74, 6) is 0.850. The van der Waals surface area contributed by atoms with Gasteiger partial charge >= 0.3 is 0 Å². The third-order valence-corrected chi connectivity index (χ3v) is 3.48. The SMILES string of the molecule is CN=C(NCCNC(=O)C1CC1)NCCc1cccc(F)c1. The maximum atomic E-state index is 13.1. The van der Waals surface area contributed by atoms with Gasteiger partial charge < -0.3 is 16.0 Å². The molecule has 1 aliphatic carbocycles. The number of benzene rings is 1. The molecule has 0 bridgehead atoms. The second-order valence-corrected chi connectivity index (χ2v) is 5.37. The van der Waals surface area contributed by atoms with Gasteiger partial charge in [-0.3, -0.25) is 9.79 Å². The number of aliphatic imine (C=N–C) groups is 1. The van der Waals surface area contributed by atoms with Crippen LogP contribution in [0.2, 0.25) is 0 Å². The lowest BCUT2D eigenvalue weighted by atomic mass is 10.1. The van der Waals surface area contributed by atoms with E-state index in [1.165, 1.54) is 12.1 Å². The molecule has 0 aliphatic heterocycles. The number of hydrogen-bond acceptors (Lipinski definition) is 2. The van der Waals surface area contributed by atoms with Crippen molar-refractivity contribution in [2.45, 2.75) is 19.3 Å². The molecular formula is C16H23FN4O. The van der Waals surface area contributed by atoms with Gasteiger partial charge in [-0.2, -0.15) is 0 Å². The zero-order valence-corrected chi connectivity index (χ0v) is 12.9. The Morgan fingerprint density at radius 3 is 2.64 bits per heavy atom. The number of halogens is 1. The average molecular weight is 306 g/mol. The zero-order chi connectivity index (χ0) is 15.8. The van der Waals surface area contributed by atoms with Crippen LogP contribution in [0.3, 0.4) is 0 Å². The summed E-state index contributed by atoms with van der Waals surface area (Å²) >= 11 is 0. The molecule has 5 nitrogen and oxygen atoms in total. The average Bonchev–Trinajstić information content (AvgIpc) is 3.34. The van der Waals surface area contributed by atoms with Gasteiger partial charge in [0.05, 0.1) is 0 Å². The number of guanidine groups is 1. The monoisotopic (exact) mass is 306 g/mol. The molecule has 0 atom stereocenters. The van der Waals surface area contributed by atoms with Gasteiger partial charge in [-0.25, -0.2) is 4.39 Å². The Balaban J connectivity index is 1.59. The summed E-state index contributed by atoms with van der Waals surface area (Å²) in [5.41, 5.74) is 0.944. The molecule has 0 aromatic heterocycles. The third-order valence-electron chi connectivity index (χ3n) is 3.48. The van der Waals surface area contributed by atoms with Crippen LogP contribution in [0.4, 0.5) is 4.39 Å². The van der Waals surface area contributed by atoms with Gasteiger partial charge in [0.2, 0.25) is 5.91 Å². The molecule has 22 heavy (non-hydrogen) atoms. The Labute approximate surface area is 130 Å². The van der Waals surface area contributed by atoms with Crippen molar-refractivity contribution in [2.75, 3.05) is 26.7 Å². The van der Waals surface area contributed by atoms with Crippen molar-refractivity contribution >= 4 is 11.9 Å². The molecule has 1 aliphatic rings. The van der Waals surface area contributed by atoms with E-state index in [0.717, 1.165) is 24.8 Å². The van der Waals surface area contributed by atoms with Crippen LogP contribution in [-0.4, -0.2) is 38.5 Å². The van der Waals surface area contributed by atoms with Gasteiger partial charge in [-0.15, -0.1) is 0 Å². The van der Waals surface area contributed by atoms with Crippen molar-refractivity contribution in [3.8, 4) is 0 Å². The second kappa shape index (κ2) is 8.36. The lowest BCUT2D eigenvalue weighted by Crippen LogP contribution is -2.42. The molecule has 0 spiro atoms. The summed E-state index contributed by atoms with van der Waals surface area (Å²) in [6, 6.07) is 6.58. The van der Waals surface area contributed by atoms with Gasteiger partial charge in [0.15, 0.2) is 5.96 Å². The number of nitrogens with one attached hydrogen (secondary N) is 3. The topological polar surface area (TPSA) is 65.5 Å². The minimum absolute atomic E-state index is 0.149. The molecule has 1 saturated carbocycles. The van der Waals surface area contributed by atoms with Crippen molar-refractivity contribution in [1.29, 1.82) is 0 Å². The Morgan fingerprint density at radius 1 is 1.23 bits per heavy atom. The van der Waals surface area contributed by atoms with E-state index in [-0.39, 0.29) is 17.6 Å². The summed E-state index contributed by atoms with van der Waals surface area (Å²) in [5, 5.41) is 9.18. The standard InChI is InChI=1S/C16H23FN4O/c1-18-16(21-10-9-19-15(22)13-5-6-13)20-8-7-12-3-2-4-14(17)11-12/h2-4,11,13H,5-10H2,1H3,(H,19,22)(H2,18,20,21). The second-order valence-electron chi connectivity index (χ2n) is 5.37. The lowest BCUT2D eigenvalue weighted by molar-refractivity contribution is -0.122. The Kier molecular flexibility index (Phi) is 6.18. The van der Waals surface area contributed by atoms with Gasteiger partial charge in [-0.05, 0) is 37.0 Å². The quantitative estimate of drug-likeness (QED) is 0.401. The Morgan fingerprint density at radius 2 is 1.95 bits per heavy atom. The highest BCUT2D eigenvalue weighted by Gasteiger charge is 2.28. The minimum atomic E-state index is -0.216. The maximum absolute atomic E-state index is 13.1. The molecule has 0 saturated heterocycles. The Bertz CT molecular complexity index is 529. The largest absolute Gasteiger partial charge is 0.356 e. The van der Waals surface area contributed by atoms with Crippen LogP contribution in [0.1, 0.15) is 18.4 Å². The van der Waals surface area contributed by atoms with Crippen molar-refractivity contribution in [2.24, 2.45) is 10.9 Å². The number of hydrogen-bond donors (Lipinski definition) is 3. The first-order valence-corrected chi connectivity index (χ1v) is 7.65. The molecule has 120 valence electrons. The Hall–Kier alpha value is -2.11. The van der Waals surface area contributed by atoms with E-state index in [9.17, 15) is 9.18 Å². The van der Waals surface area contributed by atoms with E-state index < -0.39 is 0 Å². The normalized spacial score (nSPS) is 14.5. The first-order valence-electron chi connectivity index (χ1n) is 7.65. The summed E-state index contributed by atoms with van der Waals surface area (Å²) < 4.78 is 13.1. The molecule has 1 fully saturated rings. The molecule has 0 unspecified atom stereocenters. The van der Waals surface area contributed by atoms with E-state index in [2.05, 4.69) is 20.9 Å². The summed E-state index contributed by atoms with van der Waals surface area (Å²) in [4.78, 5) is 15.6. The number of rotatable bonds is 7. The first-order chi connectivity index (χ1) is 10.7. The minimum Gasteiger partial charge on any atom is -0.356 e. The fourth-order valence-electron chi connectivity index (χ4n) is 2.09. The fourth-order valence-corrected chi connectivity index (χ4v) is 2.09. The predicted molar refractivity (Wildman–Crippen MR) is 85.2 cm³/mol. The summed E-state index contributed by atoms with van der Waals surface area (Å²) in [6.07, 6.45) is 2.75. The van der Waals surface area contributed by atoms with Crippen molar-refractivity contribution in [1.82, 2.24) is 16.0 Å².